The third kappa shape index (κ3) is 4.53. The van der Waals surface area contributed by atoms with Crippen LogP contribution in [0.25, 0.3) is 11.4 Å². The van der Waals surface area contributed by atoms with Gasteiger partial charge in [-0.2, -0.15) is 0 Å². The highest BCUT2D eigenvalue weighted by molar-refractivity contribution is 5.94. The van der Waals surface area contributed by atoms with E-state index in [-0.39, 0.29) is 5.91 Å². The molecule has 0 bridgehead atoms. The van der Waals surface area contributed by atoms with Crippen LogP contribution in [0.3, 0.4) is 0 Å². The summed E-state index contributed by atoms with van der Waals surface area (Å²) < 4.78 is 5.31. The Morgan fingerprint density at radius 2 is 1.85 bits per heavy atom. The van der Waals surface area contributed by atoms with Crippen molar-refractivity contribution < 1.29 is 9.53 Å². The van der Waals surface area contributed by atoms with Crippen LogP contribution in [-0.4, -0.2) is 52.5 Å². The van der Waals surface area contributed by atoms with Crippen molar-refractivity contribution in [1.82, 2.24) is 19.9 Å². The molecule has 7 heteroatoms. The van der Waals surface area contributed by atoms with Crippen molar-refractivity contribution in [2.24, 2.45) is 0 Å². The van der Waals surface area contributed by atoms with Gasteiger partial charge in [-0.3, -0.25) is 9.78 Å². The topological polar surface area (TPSA) is 71.5 Å². The molecular weight excluding hydrogens is 414 g/mol. The summed E-state index contributed by atoms with van der Waals surface area (Å²) in [5.74, 6) is 2.39. The van der Waals surface area contributed by atoms with Gasteiger partial charge < -0.3 is 14.5 Å². The van der Waals surface area contributed by atoms with Gasteiger partial charge in [-0.15, -0.1) is 0 Å². The lowest BCUT2D eigenvalue weighted by Crippen LogP contribution is -2.38. The van der Waals surface area contributed by atoms with Crippen LogP contribution in [0.4, 0.5) is 5.82 Å². The largest absolute Gasteiger partial charge is 0.497 e. The van der Waals surface area contributed by atoms with Crippen molar-refractivity contribution in [3.63, 3.8) is 0 Å². The predicted molar refractivity (Wildman–Crippen MR) is 127 cm³/mol. The van der Waals surface area contributed by atoms with Crippen molar-refractivity contribution in [3.8, 4) is 17.1 Å². The van der Waals surface area contributed by atoms with Gasteiger partial charge in [0.25, 0.3) is 5.91 Å². The molecule has 1 saturated heterocycles. The smallest absolute Gasteiger partial charge is 0.254 e. The molecule has 4 heterocycles. The lowest BCUT2D eigenvalue weighted by atomic mass is 10.0. The fraction of sp³-hybridized carbons (Fsp3) is 0.385. The van der Waals surface area contributed by atoms with Crippen LogP contribution in [0.5, 0.6) is 5.75 Å². The zero-order valence-electron chi connectivity index (χ0n) is 19.0. The number of amides is 1. The first kappa shape index (κ1) is 21.4. The standard InChI is InChI=1S/C26H29N5O2/c1-33-21-10-6-8-19(16-21)26(32)31-15-11-23-22(18-31)25(30-13-4-2-3-5-14-30)29-24(28-23)20-9-7-12-27-17-20/h6-10,12,16-17H,2-5,11,13-15,18H2,1H3. The summed E-state index contributed by atoms with van der Waals surface area (Å²) in [5.41, 5.74) is 3.68. The maximum absolute atomic E-state index is 13.3. The molecule has 33 heavy (non-hydrogen) atoms. The second kappa shape index (κ2) is 9.57. The zero-order valence-corrected chi connectivity index (χ0v) is 19.0. The Morgan fingerprint density at radius 3 is 2.61 bits per heavy atom. The molecule has 0 saturated carbocycles. The molecule has 0 unspecified atom stereocenters. The van der Waals surface area contributed by atoms with Crippen LogP contribution in [0, 0.1) is 0 Å². The number of hydrogen-bond acceptors (Lipinski definition) is 6. The van der Waals surface area contributed by atoms with Crippen molar-refractivity contribution in [1.29, 1.82) is 0 Å². The lowest BCUT2D eigenvalue weighted by Gasteiger charge is -2.33. The Bertz CT molecular complexity index is 1130. The van der Waals surface area contributed by atoms with Crippen LogP contribution in [-0.2, 0) is 13.0 Å². The maximum atomic E-state index is 13.3. The van der Waals surface area contributed by atoms with Crippen molar-refractivity contribution in [2.45, 2.75) is 38.6 Å². The average Bonchev–Trinajstić information content (AvgIpc) is 3.17. The number of fused-ring (bicyclic) bond motifs is 1. The Balaban J connectivity index is 1.51. The van der Waals surface area contributed by atoms with E-state index in [1.54, 1.807) is 19.4 Å². The molecule has 3 aromatic rings. The summed E-state index contributed by atoms with van der Waals surface area (Å²) >= 11 is 0. The monoisotopic (exact) mass is 443 g/mol. The zero-order chi connectivity index (χ0) is 22.6. The number of rotatable bonds is 4. The minimum atomic E-state index is 0.0118. The van der Waals surface area contributed by atoms with Crippen LogP contribution in [0.2, 0.25) is 0 Å². The molecule has 1 fully saturated rings. The highest BCUT2D eigenvalue weighted by atomic mass is 16.5. The number of carbonyl (C=O) groups excluding carboxylic acids is 1. The minimum absolute atomic E-state index is 0.0118. The van der Waals surface area contributed by atoms with Gasteiger partial charge in [-0.05, 0) is 43.2 Å². The van der Waals surface area contributed by atoms with E-state index in [0.717, 1.165) is 48.6 Å². The summed E-state index contributed by atoms with van der Waals surface area (Å²) in [4.78, 5) is 31.8. The Kier molecular flexibility index (Phi) is 6.19. The average molecular weight is 444 g/mol. The first-order chi connectivity index (χ1) is 16.2. The number of aromatic nitrogens is 3. The van der Waals surface area contributed by atoms with Crippen molar-refractivity contribution >= 4 is 11.7 Å². The van der Waals surface area contributed by atoms with E-state index in [9.17, 15) is 4.79 Å². The molecule has 0 aliphatic carbocycles. The van der Waals surface area contributed by atoms with Crippen LogP contribution < -0.4 is 9.64 Å². The molecule has 2 aliphatic rings. The summed E-state index contributed by atoms with van der Waals surface area (Å²) in [6, 6.07) is 11.3. The quantitative estimate of drug-likeness (QED) is 0.604. The molecule has 1 amide bonds. The third-order valence-electron chi connectivity index (χ3n) is 6.47. The fourth-order valence-corrected chi connectivity index (χ4v) is 4.68. The van der Waals surface area contributed by atoms with Crippen molar-refractivity contribution in [2.75, 3.05) is 31.6 Å². The molecule has 2 aromatic heterocycles. The second-order valence-electron chi connectivity index (χ2n) is 8.65. The van der Waals surface area contributed by atoms with Gasteiger partial charge >= 0.3 is 0 Å². The SMILES string of the molecule is COc1cccc(C(=O)N2CCc3nc(-c4cccnc4)nc(N4CCCCCC4)c3C2)c1. The summed E-state index contributed by atoms with van der Waals surface area (Å²) in [6.45, 7) is 3.12. The number of ether oxygens (including phenoxy) is 1. The van der Waals surface area contributed by atoms with E-state index < -0.39 is 0 Å². The number of carbonyl (C=O) groups is 1. The predicted octanol–water partition coefficient (Wildman–Crippen LogP) is 4.13. The minimum Gasteiger partial charge on any atom is -0.497 e. The molecule has 0 atom stereocenters. The van der Waals surface area contributed by atoms with Crippen molar-refractivity contribution in [3.05, 3.63) is 65.6 Å². The Hall–Kier alpha value is -3.48. The number of hydrogen-bond donors (Lipinski definition) is 0. The third-order valence-corrected chi connectivity index (χ3v) is 6.47. The molecule has 0 N–H and O–H groups in total. The summed E-state index contributed by atoms with van der Waals surface area (Å²) in [6.07, 6.45) is 9.11. The molecule has 2 aliphatic heterocycles. The van der Waals surface area contributed by atoms with Crippen LogP contribution in [0.15, 0.2) is 48.8 Å². The molecule has 0 spiro atoms. The molecule has 7 nitrogen and oxygen atoms in total. The molecule has 5 rings (SSSR count). The van der Waals surface area contributed by atoms with Gasteiger partial charge in [0, 0.05) is 55.1 Å². The number of methoxy groups -OCH3 is 1. The molecule has 170 valence electrons. The van der Waals surface area contributed by atoms with Gasteiger partial charge in [0.15, 0.2) is 5.82 Å². The Morgan fingerprint density at radius 1 is 1.00 bits per heavy atom. The second-order valence-corrected chi connectivity index (χ2v) is 8.65. The van der Waals surface area contributed by atoms with Gasteiger partial charge in [0.2, 0.25) is 0 Å². The van der Waals surface area contributed by atoms with E-state index in [1.807, 2.05) is 41.4 Å². The van der Waals surface area contributed by atoms with Gasteiger partial charge in [0.1, 0.15) is 11.6 Å². The number of pyridine rings is 1. The number of nitrogens with zero attached hydrogens (tertiary/aromatic N) is 5. The van der Waals surface area contributed by atoms with E-state index in [1.165, 1.54) is 12.8 Å². The highest BCUT2D eigenvalue weighted by Gasteiger charge is 2.29. The van der Waals surface area contributed by atoms with E-state index in [4.69, 9.17) is 14.7 Å². The summed E-state index contributed by atoms with van der Waals surface area (Å²) in [7, 11) is 1.62. The fourth-order valence-electron chi connectivity index (χ4n) is 4.68. The summed E-state index contributed by atoms with van der Waals surface area (Å²) in [5, 5.41) is 0. The molecular formula is C26H29N5O2. The first-order valence-corrected chi connectivity index (χ1v) is 11.7. The van der Waals surface area contributed by atoms with E-state index in [2.05, 4.69) is 9.88 Å². The Labute approximate surface area is 194 Å². The maximum Gasteiger partial charge on any atom is 0.254 e. The van der Waals surface area contributed by atoms with Gasteiger partial charge in [0.05, 0.1) is 19.3 Å². The number of benzene rings is 1. The van der Waals surface area contributed by atoms with Crippen LogP contribution in [0.1, 0.15) is 47.3 Å². The van der Waals surface area contributed by atoms with Crippen LogP contribution >= 0.6 is 0 Å². The first-order valence-electron chi connectivity index (χ1n) is 11.7. The van der Waals surface area contributed by atoms with Gasteiger partial charge in [-0.1, -0.05) is 18.9 Å². The lowest BCUT2D eigenvalue weighted by molar-refractivity contribution is 0.0733. The van der Waals surface area contributed by atoms with E-state index >= 15 is 0 Å². The highest BCUT2D eigenvalue weighted by Crippen LogP contribution is 2.31. The normalized spacial score (nSPS) is 16.2. The van der Waals surface area contributed by atoms with Gasteiger partial charge in [-0.25, -0.2) is 9.97 Å². The number of anilines is 1. The molecule has 1 aromatic carbocycles. The van der Waals surface area contributed by atoms with E-state index in [0.29, 0.717) is 36.6 Å². The molecule has 0 radical (unpaired) electrons.